The summed E-state index contributed by atoms with van der Waals surface area (Å²) in [5, 5.41) is 8.01. The van der Waals surface area contributed by atoms with Crippen molar-refractivity contribution in [1.29, 1.82) is 0 Å². The molecule has 102 valence electrons. The molecule has 2 aliphatic rings. The fourth-order valence-electron chi connectivity index (χ4n) is 2.29. The summed E-state index contributed by atoms with van der Waals surface area (Å²) in [6.07, 6.45) is 0. The molecule has 0 radical (unpaired) electrons. The molecule has 8 nitrogen and oxygen atoms in total. The van der Waals surface area contributed by atoms with Crippen LogP contribution in [0.15, 0.2) is 0 Å². The largest absolute Gasteiger partial charge is 0.480 e. The predicted octanol–water partition coefficient (Wildman–Crippen LogP) is -1.32. The summed E-state index contributed by atoms with van der Waals surface area (Å²) < 4.78 is 30.6. The van der Waals surface area contributed by atoms with E-state index in [4.69, 9.17) is 15.4 Å². The number of amides is 1. The van der Waals surface area contributed by atoms with Crippen molar-refractivity contribution in [2.75, 3.05) is 0 Å². The molecule has 3 atom stereocenters. The van der Waals surface area contributed by atoms with Crippen molar-refractivity contribution in [3.8, 4) is 0 Å². The van der Waals surface area contributed by atoms with Gasteiger partial charge in [0.25, 0.3) is 20.9 Å². The molecule has 0 saturated carbocycles. The van der Waals surface area contributed by atoms with Gasteiger partial charge in [0.15, 0.2) is 0 Å². The normalized spacial score (nSPS) is 38.2. The van der Waals surface area contributed by atoms with E-state index in [1.165, 1.54) is 0 Å². The van der Waals surface area contributed by atoms with E-state index in [0.717, 1.165) is 16.7 Å². The number of fused-ring (bicyclic) bond motifs is 1. The van der Waals surface area contributed by atoms with Gasteiger partial charge in [-0.25, -0.2) is 4.79 Å². The molecule has 2 heterocycles. The smallest absolute Gasteiger partial charge is 0.327 e. The van der Waals surface area contributed by atoms with E-state index in [0.29, 0.717) is 0 Å². The van der Waals surface area contributed by atoms with Gasteiger partial charge < -0.3 is 15.7 Å². The quantitative estimate of drug-likeness (QED) is 0.421. The number of carbonyl (C=O) groups is 2. The summed E-state index contributed by atoms with van der Waals surface area (Å²) in [5.74, 6) is -2.32. The first-order valence-electron chi connectivity index (χ1n) is 4.94. The first kappa shape index (κ1) is 13.6. The Labute approximate surface area is 107 Å². The highest BCUT2D eigenvalue weighted by Gasteiger charge is 2.75. The lowest BCUT2D eigenvalue weighted by atomic mass is 9.96. The van der Waals surface area contributed by atoms with Crippen molar-refractivity contribution in [2.24, 2.45) is 5.73 Å². The van der Waals surface area contributed by atoms with Crippen LogP contribution in [-0.4, -0.2) is 55.9 Å². The first-order chi connectivity index (χ1) is 7.94. The molecule has 0 bridgehead atoms. The van der Waals surface area contributed by atoms with Gasteiger partial charge in [-0.15, -0.1) is 11.8 Å². The van der Waals surface area contributed by atoms with E-state index in [9.17, 15) is 18.0 Å². The summed E-state index contributed by atoms with van der Waals surface area (Å²) >= 11 is 0.952. The van der Waals surface area contributed by atoms with Gasteiger partial charge in [-0.05, 0) is 13.8 Å². The maximum atomic E-state index is 11.8. The molecule has 0 aromatic carbocycles. The third kappa shape index (κ3) is 1.37. The standard InChI is InChI=1S/C8H12N2O6S2/c1-7(2)3(4(11)12)10-5(13)8(9,6(10)17-7)18(14,15)16/h3,6H,9H2,1-2H3,(H,11,12)(H,14,15,16)/t3-,6+,8?/m0/s1. The third-order valence-electron chi connectivity index (χ3n) is 3.20. The maximum absolute atomic E-state index is 11.8. The van der Waals surface area contributed by atoms with Gasteiger partial charge in [0, 0.05) is 4.75 Å². The Morgan fingerprint density at radius 3 is 2.39 bits per heavy atom. The van der Waals surface area contributed by atoms with Crippen molar-refractivity contribution in [3.63, 3.8) is 0 Å². The molecule has 0 spiro atoms. The van der Waals surface area contributed by atoms with E-state index in [1.807, 2.05) is 0 Å². The number of carboxylic acids is 1. The van der Waals surface area contributed by atoms with Crippen LogP contribution >= 0.6 is 11.8 Å². The minimum Gasteiger partial charge on any atom is -0.480 e. The van der Waals surface area contributed by atoms with E-state index in [1.54, 1.807) is 13.8 Å². The number of thioether (sulfide) groups is 1. The van der Waals surface area contributed by atoms with E-state index in [2.05, 4.69) is 0 Å². The van der Waals surface area contributed by atoms with E-state index < -0.39 is 43.0 Å². The second-order valence-electron chi connectivity index (χ2n) is 4.80. The number of hydrogen-bond donors (Lipinski definition) is 3. The van der Waals surface area contributed by atoms with Crippen LogP contribution in [0.3, 0.4) is 0 Å². The zero-order valence-electron chi connectivity index (χ0n) is 9.52. The molecule has 2 fully saturated rings. The average Bonchev–Trinajstić information content (AvgIpc) is 2.45. The minimum absolute atomic E-state index is 0.891. The third-order valence-corrected chi connectivity index (χ3v) is 6.25. The highest BCUT2D eigenvalue weighted by Crippen LogP contribution is 2.55. The van der Waals surface area contributed by atoms with Crippen LogP contribution in [0, 0.1) is 0 Å². The number of aliphatic carboxylic acids is 1. The number of rotatable bonds is 2. The van der Waals surface area contributed by atoms with Gasteiger partial charge in [-0.3, -0.25) is 9.35 Å². The second kappa shape index (κ2) is 3.38. The fraction of sp³-hybridized carbons (Fsp3) is 0.750. The molecule has 18 heavy (non-hydrogen) atoms. The van der Waals surface area contributed by atoms with Crippen LogP contribution in [-0.2, 0) is 19.7 Å². The Balaban J connectivity index is 2.48. The summed E-state index contributed by atoms with van der Waals surface area (Å²) in [7, 11) is -4.80. The van der Waals surface area contributed by atoms with Gasteiger partial charge in [-0.1, -0.05) is 0 Å². The number of nitrogens with two attached hydrogens (primary N) is 1. The van der Waals surface area contributed by atoms with Crippen molar-refractivity contribution in [3.05, 3.63) is 0 Å². The lowest BCUT2D eigenvalue weighted by Crippen LogP contribution is -2.80. The van der Waals surface area contributed by atoms with E-state index >= 15 is 0 Å². The number of nitrogens with zero attached hydrogens (tertiary/aromatic N) is 1. The molecule has 1 amide bonds. The van der Waals surface area contributed by atoms with Crippen LogP contribution in [0.4, 0.5) is 0 Å². The number of carbonyl (C=O) groups excluding carboxylic acids is 1. The van der Waals surface area contributed by atoms with Gasteiger partial charge in [0.2, 0.25) is 0 Å². The van der Waals surface area contributed by atoms with Crippen LogP contribution in [0.5, 0.6) is 0 Å². The van der Waals surface area contributed by atoms with Gasteiger partial charge in [0.05, 0.1) is 0 Å². The van der Waals surface area contributed by atoms with Gasteiger partial charge in [0.1, 0.15) is 11.4 Å². The number of hydrogen-bond acceptors (Lipinski definition) is 6. The Kier molecular flexibility index (Phi) is 2.55. The molecule has 1 unspecified atom stereocenters. The maximum Gasteiger partial charge on any atom is 0.327 e. The Bertz CT molecular complexity index is 544. The zero-order chi connectivity index (χ0) is 14.1. The minimum atomic E-state index is -4.80. The van der Waals surface area contributed by atoms with Gasteiger partial charge in [-0.2, -0.15) is 8.42 Å². The number of carboxylic acid groups (broad SMARTS) is 1. The van der Waals surface area contributed by atoms with Crippen LogP contribution in [0.2, 0.25) is 0 Å². The summed E-state index contributed by atoms with van der Waals surface area (Å²) in [6.45, 7) is 3.15. The van der Waals surface area contributed by atoms with Crippen molar-refractivity contribution >= 4 is 33.8 Å². The summed E-state index contributed by atoms with van der Waals surface area (Å²) in [6, 6.07) is -1.17. The van der Waals surface area contributed by atoms with Crippen molar-refractivity contribution < 1.29 is 27.7 Å². The molecule has 10 heteroatoms. The number of β-lactam (4-membered cyclic amide) rings is 1. The Morgan fingerprint density at radius 2 is 2.00 bits per heavy atom. The molecule has 2 saturated heterocycles. The molecule has 0 aliphatic carbocycles. The highest BCUT2D eigenvalue weighted by molar-refractivity contribution is 8.03. The van der Waals surface area contributed by atoms with Crippen LogP contribution < -0.4 is 5.73 Å². The molecule has 0 aromatic rings. The molecule has 2 rings (SSSR count). The first-order valence-corrected chi connectivity index (χ1v) is 7.26. The molecule has 2 aliphatic heterocycles. The predicted molar refractivity (Wildman–Crippen MR) is 62.2 cm³/mol. The Morgan fingerprint density at radius 1 is 1.50 bits per heavy atom. The van der Waals surface area contributed by atoms with Crippen molar-refractivity contribution in [2.45, 2.75) is 34.9 Å². The SMILES string of the molecule is CC1(C)S[C@H]2N(C(=O)C2(N)S(=O)(=O)O)[C@H]1C(=O)O. The summed E-state index contributed by atoms with van der Waals surface area (Å²) in [4.78, 5) is 21.4. The topological polar surface area (TPSA) is 138 Å². The molecular weight excluding hydrogens is 284 g/mol. The van der Waals surface area contributed by atoms with Crippen molar-refractivity contribution in [1.82, 2.24) is 4.90 Å². The van der Waals surface area contributed by atoms with E-state index in [-0.39, 0.29) is 0 Å². The fourth-order valence-corrected chi connectivity index (χ4v) is 5.02. The van der Waals surface area contributed by atoms with Gasteiger partial charge >= 0.3 is 5.97 Å². The van der Waals surface area contributed by atoms with Crippen LogP contribution in [0.25, 0.3) is 0 Å². The highest BCUT2D eigenvalue weighted by atomic mass is 32.2. The zero-order valence-corrected chi connectivity index (χ0v) is 11.2. The molecule has 0 aromatic heterocycles. The monoisotopic (exact) mass is 296 g/mol. The lowest BCUT2D eigenvalue weighted by molar-refractivity contribution is -0.161. The lowest BCUT2D eigenvalue weighted by Gasteiger charge is -2.48. The summed E-state index contributed by atoms with van der Waals surface area (Å²) in [5.41, 5.74) is 5.45. The average molecular weight is 296 g/mol. The Hall–Kier alpha value is -0.840. The molecular formula is C8H12N2O6S2. The van der Waals surface area contributed by atoms with Crippen LogP contribution in [0.1, 0.15) is 13.8 Å². The molecule has 4 N–H and O–H groups in total. The second-order valence-corrected chi connectivity index (χ2v) is 8.16.